The zero-order valence-electron chi connectivity index (χ0n) is 11.8. The van der Waals surface area contributed by atoms with Gasteiger partial charge in [0.2, 0.25) is 0 Å². The second kappa shape index (κ2) is 7.09. The van der Waals surface area contributed by atoms with Crippen molar-refractivity contribution in [3.63, 3.8) is 0 Å². The Bertz CT molecular complexity index is 656. The van der Waals surface area contributed by atoms with E-state index in [1.807, 2.05) is 56.3 Å². The van der Waals surface area contributed by atoms with Crippen LogP contribution < -0.4 is 10.6 Å². The Kier molecular flexibility index (Phi) is 5.42. The molecule has 0 spiro atoms. The molecule has 0 aliphatic heterocycles. The van der Waals surface area contributed by atoms with Crippen LogP contribution in [-0.4, -0.2) is 11.9 Å². The number of rotatable bonds is 4. The van der Waals surface area contributed by atoms with Gasteiger partial charge in [0.15, 0.2) is 0 Å². The van der Waals surface area contributed by atoms with Gasteiger partial charge in [-0.2, -0.15) is 0 Å². The Labute approximate surface area is 141 Å². The van der Waals surface area contributed by atoms with Crippen LogP contribution in [0.1, 0.15) is 24.2 Å². The molecule has 0 bridgehead atoms. The van der Waals surface area contributed by atoms with E-state index in [1.54, 1.807) is 0 Å². The quantitative estimate of drug-likeness (QED) is 0.717. The van der Waals surface area contributed by atoms with E-state index in [0.717, 1.165) is 20.3 Å². The van der Waals surface area contributed by atoms with E-state index < -0.39 is 0 Å². The lowest BCUT2D eigenvalue weighted by atomic mass is 10.1. The fourth-order valence-electron chi connectivity index (χ4n) is 1.90. The summed E-state index contributed by atoms with van der Waals surface area (Å²) in [7, 11) is 0. The van der Waals surface area contributed by atoms with Crippen molar-refractivity contribution < 1.29 is 4.79 Å². The molecule has 0 aliphatic rings. The van der Waals surface area contributed by atoms with E-state index in [0.29, 0.717) is 5.56 Å². The van der Waals surface area contributed by atoms with Gasteiger partial charge < -0.3 is 10.6 Å². The molecule has 0 heterocycles. The molecule has 2 aromatic rings. The molecule has 0 aromatic heterocycles. The summed E-state index contributed by atoms with van der Waals surface area (Å²) in [6, 6.07) is 13.4. The molecule has 0 saturated heterocycles. The Morgan fingerprint density at radius 2 is 1.76 bits per heavy atom. The van der Waals surface area contributed by atoms with Crippen molar-refractivity contribution in [1.29, 1.82) is 0 Å². The topological polar surface area (TPSA) is 41.1 Å². The van der Waals surface area contributed by atoms with Crippen molar-refractivity contribution in [2.75, 3.05) is 10.6 Å². The van der Waals surface area contributed by atoms with Crippen LogP contribution in [0.4, 0.5) is 11.4 Å². The summed E-state index contributed by atoms with van der Waals surface area (Å²) in [4.78, 5) is 12.5. The lowest BCUT2D eigenvalue weighted by molar-refractivity contribution is 0.102. The first-order valence-electron chi connectivity index (χ1n) is 6.59. The number of anilines is 2. The first-order chi connectivity index (χ1) is 9.97. The van der Waals surface area contributed by atoms with Gasteiger partial charge >= 0.3 is 0 Å². The lowest BCUT2D eigenvalue weighted by Gasteiger charge is -2.15. The molecule has 1 amide bonds. The minimum absolute atomic E-state index is 0.141. The summed E-state index contributed by atoms with van der Waals surface area (Å²) in [5.74, 6) is -0.141. The number of amides is 1. The number of para-hydroxylation sites is 1. The van der Waals surface area contributed by atoms with Gasteiger partial charge in [0.25, 0.3) is 5.91 Å². The second-order valence-corrected chi connectivity index (χ2v) is 6.69. The fourth-order valence-corrected chi connectivity index (χ4v) is 2.61. The molecule has 0 saturated carbocycles. The summed E-state index contributed by atoms with van der Waals surface area (Å²) in [6.07, 6.45) is 0. The van der Waals surface area contributed by atoms with Crippen molar-refractivity contribution in [2.45, 2.75) is 19.9 Å². The Morgan fingerprint density at radius 3 is 2.48 bits per heavy atom. The van der Waals surface area contributed by atoms with E-state index in [1.165, 1.54) is 0 Å². The molecule has 2 N–H and O–H groups in total. The van der Waals surface area contributed by atoms with Crippen LogP contribution in [0, 0.1) is 0 Å². The van der Waals surface area contributed by atoms with E-state index in [9.17, 15) is 4.79 Å². The summed E-state index contributed by atoms with van der Waals surface area (Å²) in [5, 5.41) is 6.21. The SMILES string of the molecule is CC(C)Nc1ccccc1C(=O)Nc1cc(Br)ccc1Br. The maximum Gasteiger partial charge on any atom is 0.257 e. The van der Waals surface area contributed by atoms with Crippen LogP contribution in [0.15, 0.2) is 51.4 Å². The number of benzene rings is 2. The Morgan fingerprint density at radius 1 is 1.05 bits per heavy atom. The number of halogens is 2. The van der Waals surface area contributed by atoms with Crippen molar-refractivity contribution in [3.8, 4) is 0 Å². The summed E-state index contributed by atoms with van der Waals surface area (Å²) in [5.41, 5.74) is 2.18. The lowest BCUT2D eigenvalue weighted by Crippen LogP contribution is -2.17. The van der Waals surface area contributed by atoms with Gasteiger partial charge in [0.1, 0.15) is 0 Å². The third-order valence-electron chi connectivity index (χ3n) is 2.79. The van der Waals surface area contributed by atoms with E-state index >= 15 is 0 Å². The predicted octanol–water partition coefficient (Wildman–Crippen LogP) is 5.28. The van der Waals surface area contributed by atoms with Gasteiger partial charge in [-0.15, -0.1) is 0 Å². The van der Waals surface area contributed by atoms with Crippen LogP contribution in [0.2, 0.25) is 0 Å². The molecule has 0 radical (unpaired) electrons. The van der Waals surface area contributed by atoms with E-state index in [-0.39, 0.29) is 11.9 Å². The van der Waals surface area contributed by atoms with Crippen molar-refractivity contribution in [2.24, 2.45) is 0 Å². The average molecular weight is 412 g/mol. The fraction of sp³-hybridized carbons (Fsp3) is 0.188. The maximum atomic E-state index is 12.5. The second-order valence-electron chi connectivity index (χ2n) is 4.92. The highest BCUT2D eigenvalue weighted by Crippen LogP contribution is 2.27. The maximum absolute atomic E-state index is 12.5. The van der Waals surface area contributed by atoms with Gasteiger partial charge in [0, 0.05) is 20.7 Å². The van der Waals surface area contributed by atoms with Crippen LogP contribution in [0.25, 0.3) is 0 Å². The van der Waals surface area contributed by atoms with Crippen molar-refractivity contribution in [3.05, 3.63) is 57.0 Å². The van der Waals surface area contributed by atoms with Crippen LogP contribution in [0.5, 0.6) is 0 Å². The number of carbonyl (C=O) groups excluding carboxylic acids is 1. The standard InChI is InChI=1S/C16H16Br2N2O/c1-10(2)19-14-6-4-3-5-12(14)16(21)20-15-9-11(17)7-8-13(15)18/h3-10,19H,1-2H3,(H,20,21). The number of nitrogens with one attached hydrogen (secondary N) is 2. The highest BCUT2D eigenvalue weighted by Gasteiger charge is 2.13. The number of hydrogen-bond donors (Lipinski definition) is 2. The molecular formula is C16H16Br2N2O. The molecule has 3 nitrogen and oxygen atoms in total. The molecular weight excluding hydrogens is 396 g/mol. The first kappa shape index (κ1) is 16.0. The van der Waals surface area contributed by atoms with Gasteiger partial charge in [-0.05, 0) is 60.1 Å². The van der Waals surface area contributed by atoms with Crippen LogP contribution in [-0.2, 0) is 0 Å². The molecule has 2 aromatic carbocycles. The van der Waals surface area contributed by atoms with Gasteiger partial charge in [-0.25, -0.2) is 0 Å². The van der Waals surface area contributed by atoms with Gasteiger partial charge in [-0.3, -0.25) is 4.79 Å². The summed E-state index contributed by atoms with van der Waals surface area (Å²) < 4.78 is 1.75. The molecule has 0 atom stereocenters. The third kappa shape index (κ3) is 4.32. The zero-order chi connectivity index (χ0) is 15.4. The zero-order valence-corrected chi connectivity index (χ0v) is 15.0. The Hall–Kier alpha value is -1.33. The molecule has 0 aliphatic carbocycles. The minimum atomic E-state index is -0.141. The normalized spacial score (nSPS) is 10.5. The molecule has 110 valence electrons. The summed E-state index contributed by atoms with van der Waals surface area (Å²) >= 11 is 6.84. The largest absolute Gasteiger partial charge is 0.382 e. The Balaban J connectivity index is 2.26. The highest BCUT2D eigenvalue weighted by atomic mass is 79.9. The first-order valence-corrected chi connectivity index (χ1v) is 8.18. The highest BCUT2D eigenvalue weighted by molar-refractivity contribution is 9.11. The van der Waals surface area contributed by atoms with Gasteiger partial charge in [-0.1, -0.05) is 28.1 Å². The van der Waals surface area contributed by atoms with Crippen LogP contribution in [0.3, 0.4) is 0 Å². The van der Waals surface area contributed by atoms with E-state index in [2.05, 4.69) is 42.5 Å². The van der Waals surface area contributed by atoms with Gasteiger partial charge in [0.05, 0.1) is 11.3 Å². The van der Waals surface area contributed by atoms with E-state index in [4.69, 9.17) is 0 Å². The molecule has 5 heteroatoms. The molecule has 0 unspecified atom stereocenters. The molecule has 21 heavy (non-hydrogen) atoms. The predicted molar refractivity (Wildman–Crippen MR) is 95.0 cm³/mol. The third-order valence-corrected chi connectivity index (χ3v) is 3.98. The average Bonchev–Trinajstić information content (AvgIpc) is 2.42. The summed E-state index contributed by atoms with van der Waals surface area (Å²) in [6.45, 7) is 4.08. The number of hydrogen-bond acceptors (Lipinski definition) is 2. The minimum Gasteiger partial charge on any atom is -0.382 e. The monoisotopic (exact) mass is 410 g/mol. The smallest absolute Gasteiger partial charge is 0.257 e. The van der Waals surface area contributed by atoms with Crippen molar-refractivity contribution in [1.82, 2.24) is 0 Å². The molecule has 0 fully saturated rings. The van der Waals surface area contributed by atoms with Crippen molar-refractivity contribution >= 4 is 49.1 Å². The number of carbonyl (C=O) groups is 1. The molecule has 2 rings (SSSR count). The van der Waals surface area contributed by atoms with Crippen LogP contribution >= 0.6 is 31.9 Å².